The van der Waals surface area contributed by atoms with Crippen molar-refractivity contribution in [2.45, 2.75) is 17.9 Å². The van der Waals surface area contributed by atoms with Gasteiger partial charge in [-0.2, -0.15) is 0 Å². The first-order valence-electron chi connectivity index (χ1n) is 12.0. The van der Waals surface area contributed by atoms with Gasteiger partial charge in [-0.15, -0.1) is 0 Å². The van der Waals surface area contributed by atoms with E-state index < -0.39 is 10.0 Å². The summed E-state index contributed by atoms with van der Waals surface area (Å²) in [6.45, 7) is -0.0606. The fraction of sp³-hybridized carbons (Fsp3) is 0.138. The number of ether oxygens (including phenoxy) is 3. The third-order valence-electron chi connectivity index (χ3n) is 5.80. The van der Waals surface area contributed by atoms with Crippen molar-refractivity contribution >= 4 is 49.1 Å². The Hall–Kier alpha value is -3.57. The molecule has 0 heterocycles. The van der Waals surface area contributed by atoms with Crippen LogP contribution in [0.2, 0.25) is 5.02 Å². The predicted molar refractivity (Wildman–Crippen MR) is 158 cm³/mol. The van der Waals surface area contributed by atoms with E-state index in [9.17, 15) is 13.2 Å². The van der Waals surface area contributed by atoms with Gasteiger partial charge in [0.15, 0.2) is 0 Å². The van der Waals surface area contributed by atoms with Gasteiger partial charge in [-0.1, -0.05) is 57.9 Å². The summed E-state index contributed by atoms with van der Waals surface area (Å²) in [7, 11) is -1.11. The third-order valence-corrected chi connectivity index (χ3v) is 8.08. The number of nitrogens with one attached hydrogen (secondary N) is 2. The molecule has 2 N–H and O–H groups in total. The van der Waals surface area contributed by atoms with E-state index in [1.807, 2.05) is 6.07 Å². The molecule has 0 atom stereocenters. The van der Waals surface area contributed by atoms with Crippen LogP contribution < -0.4 is 24.2 Å². The molecule has 11 heteroatoms. The molecular formula is C29H26BrClN2O6S. The number of hydrogen-bond donors (Lipinski definition) is 2. The van der Waals surface area contributed by atoms with E-state index in [2.05, 4.69) is 26.0 Å². The van der Waals surface area contributed by atoms with E-state index >= 15 is 0 Å². The molecule has 208 valence electrons. The summed E-state index contributed by atoms with van der Waals surface area (Å²) in [4.78, 5) is 12.6. The zero-order valence-corrected chi connectivity index (χ0v) is 24.8. The Labute approximate surface area is 246 Å². The maximum atomic E-state index is 13.6. The Kier molecular flexibility index (Phi) is 9.70. The Morgan fingerprint density at radius 3 is 2.38 bits per heavy atom. The van der Waals surface area contributed by atoms with Gasteiger partial charge in [0.25, 0.3) is 0 Å². The van der Waals surface area contributed by atoms with E-state index in [1.54, 1.807) is 66.7 Å². The monoisotopic (exact) mass is 644 g/mol. The number of carbonyl (C=O) groups is 1. The highest BCUT2D eigenvalue weighted by Gasteiger charge is 2.22. The summed E-state index contributed by atoms with van der Waals surface area (Å²) in [6, 6.07) is 23.5. The highest BCUT2D eigenvalue weighted by Crippen LogP contribution is 2.33. The molecule has 0 aliphatic rings. The van der Waals surface area contributed by atoms with Crippen molar-refractivity contribution in [1.29, 1.82) is 0 Å². The Morgan fingerprint density at radius 1 is 0.850 bits per heavy atom. The molecule has 0 unspecified atom stereocenters. The van der Waals surface area contributed by atoms with Crippen LogP contribution in [-0.4, -0.2) is 28.5 Å². The Balaban J connectivity index is 1.63. The van der Waals surface area contributed by atoms with E-state index in [-0.39, 0.29) is 35.2 Å². The minimum Gasteiger partial charge on any atom is -0.497 e. The largest absolute Gasteiger partial charge is 0.497 e. The lowest BCUT2D eigenvalue weighted by atomic mass is 10.1. The Bertz CT molecular complexity index is 1630. The fourth-order valence-corrected chi connectivity index (χ4v) is 5.54. The number of methoxy groups -OCH3 is 2. The Morgan fingerprint density at radius 2 is 1.65 bits per heavy atom. The zero-order chi connectivity index (χ0) is 28.7. The molecule has 4 aromatic carbocycles. The molecule has 0 aliphatic heterocycles. The molecule has 0 aliphatic carbocycles. The lowest BCUT2D eigenvalue weighted by Crippen LogP contribution is -2.24. The highest BCUT2D eigenvalue weighted by molar-refractivity contribution is 9.10. The van der Waals surface area contributed by atoms with Gasteiger partial charge in [-0.05, 0) is 54.1 Å². The van der Waals surface area contributed by atoms with Crippen molar-refractivity contribution in [1.82, 2.24) is 4.72 Å². The van der Waals surface area contributed by atoms with E-state index in [0.29, 0.717) is 33.4 Å². The van der Waals surface area contributed by atoms with Gasteiger partial charge in [-0.3, -0.25) is 4.79 Å². The summed E-state index contributed by atoms with van der Waals surface area (Å²) in [6.07, 6.45) is 0.0214. The third kappa shape index (κ3) is 7.54. The number of carbonyl (C=O) groups excluding carboxylic acids is 1. The van der Waals surface area contributed by atoms with Crippen molar-refractivity contribution < 1.29 is 27.4 Å². The number of sulfonamides is 1. The summed E-state index contributed by atoms with van der Waals surface area (Å²) < 4.78 is 47.1. The van der Waals surface area contributed by atoms with E-state index in [1.165, 1.54) is 26.4 Å². The lowest BCUT2D eigenvalue weighted by Gasteiger charge is -2.16. The van der Waals surface area contributed by atoms with Crippen molar-refractivity contribution in [3.8, 4) is 23.0 Å². The predicted octanol–water partition coefficient (Wildman–Crippen LogP) is 6.57. The van der Waals surface area contributed by atoms with Gasteiger partial charge < -0.3 is 19.5 Å². The van der Waals surface area contributed by atoms with Gasteiger partial charge in [-0.25, -0.2) is 13.1 Å². The summed E-state index contributed by atoms with van der Waals surface area (Å²) in [5.74, 6) is 1.20. The van der Waals surface area contributed by atoms with Crippen LogP contribution in [0, 0.1) is 0 Å². The molecule has 8 nitrogen and oxygen atoms in total. The molecule has 0 saturated carbocycles. The van der Waals surface area contributed by atoms with Gasteiger partial charge >= 0.3 is 0 Å². The summed E-state index contributed by atoms with van der Waals surface area (Å²) >= 11 is 9.58. The molecule has 0 spiro atoms. The topological polar surface area (TPSA) is 103 Å². The number of anilines is 1. The van der Waals surface area contributed by atoms with Crippen LogP contribution in [0.5, 0.6) is 23.0 Å². The molecule has 1 amide bonds. The lowest BCUT2D eigenvalue weighted by molar-refractivity contribution is -0.115. The summed E-state index contributed by atoms with van der Waals surface area (Å²) in [5.41, 5.74) is 1.53. The van der Waals surface area contributed by atoms with Gasteiger partial charge in [0.05, 0.1) is 20.6 Å². The minimum absolute atomic E-state index is 0.0214. The molecule has 0 saturated heterocycles. The van der Waals surface area contributed by atoms with Crippen molar-refractivity contribution in [3.63, 3.8) is 0 Å². The fourth-order valence-electron chi connectivity index (χ4n) is 3.81. The zero-order valence-electron chi connectivity index (χ0n) is 21.6. The second-order valence-corrected chi connectivity index (χ2v) is 11.6. The first-order valence-corrected chi connectivity index (χ1v) is 14.6. The van der Waals surface area contributed by atoms with Crippen LogP contribution in [-0.2, 0) is 27.8 Å². The maximum absolute atomic E-state index is 13.6. The molecule has 0 aromatic heterocycles. The number of hydrogen-bond acceptors (Lipinski definition) is 6. The molecule has 0 bridgehead atoms. The highest BCUT2D eigenvalue weighted by atomic mass is 79.9. The van der Waals surface area contributed by atoms with Crippen LogP contribution in [0.15, 0.2) is 94.3 Å². The van der Waals surface area contributed by atoms with E-state index in [4.69, 9.17) is 25.8 Å². The molecule has 0 radical (unpaired) electrons. The average molecular weight is 646 g/mol. The molecule has 40 heavy (non-hydrogen) atoms. The van der Waals surface area contributed by atoms with Crippen LogP contribution in [0.3, 0.4) is 0 Å². The van der Waals surface area contributed by atoms with Gasteiger partial charge in [0.1, 0.15) is 27.9 Å². The average Bonchev–Trinajstić information content (AvgIpc) is 2.94. The van der Waals surface area contributed by atoms with Crippen molar-refractivity contribution in [2.24, 2.45) is 0 Å². The SMILES string of the molecule is COc1ccc(CNS(=O)(=O)c2cc(NC(=O)Cc3ccccc3Cl)ccc2Oc2cccc(Br)c2)c(OC)c1. The first-order chi connectivity index (χ1) is 19.2. The van der Waals surface area contributed by atoms with Crippen molar-refractivity contribution in [3.05, 3.63) is 106 Å². The van der Waals surface area contributed by atoms with Crippen LogP contribution in [0.1, 0.15) is 11.1 Å². The standard InChI is InChI=1S/C29H26BrClN2O6S/c1-37-23-12-10-20(27(17-23)38-2)18-32-40(35,36)28-16-22(33-29(34)14-19-6-3-4-9-25(19)31)11-13-26(28)39-24-8-5-7-21(30)15-24/h3-13,15-17,32H,14,18H2,1-2H3,(H,33,34). The number of halogens is 2. The summed E-state index contributed by atoms with van der Waals surface area (Å²) in [5, 5.41) is 3.22. The van der Waals surface area contributed by atoms with Crippen LogP contribution >= 0.6 is 27.5 Å². The number of rotatable bonds is 11. The maximum Gasteiger partial charge on any atom is 0.244 e. The van der Waals surface area contributed by atoms with Crippen molar-refractivity contribution in [2.75, 3.05) is 19.5 Å². The molecule has 0 fully saturated rings. The number of benzene rings is 4. The molecule has 4 rings (SSSR count). The first kappa shape index (κ1) is 29.4. The van der Waals surface area contributed by atoms with Crippen LogP contribution in [0.25, 0.3) is 0 Å². The smallest absolute Gasteiger partial charge is 0.244 e. The number of amides is 1. The van der Waals surface area contributed by atoms with Gasteiger partial charge in [0, 0.05) is 33.4 Å². The molecular weight excluding hydrogens is 620 g/mol. The van der Waals surface area contributed by atoms with Crippen LogP contribution in [0.4, 0.5) is 5.69 Å². The second kappa shape index (κ2) is 13.2. The quantitative estimate of drug-likeness (QED) is 0.191. The van der Waals surface area contributed by atoms with E-state index in [0.717, 1.165) is 4.47 Å². The molecule has 4 aromatic rings. The minimum atomic E-state index is -4.13. The second-order valence-electron chi connectivity index (χ2n) is 8.54. The normalized spacial score (nSPS) is 11.1. The van der Waals surface area contributed by atoms with Gasteiger partial charge in [0.2, 0.25) is 15.9 Å².